The van der Waals surface area contributed by atoms with Gasteiger partial charge in [-0.2, -0.15) is 0 Å². The summed E-state index contributed by atoms with van der Waals surface area (Å²) in [6.45, 7) is -1.99. The van der Waals surface area contributed by atoms with Gasteiger partial charge in [0.1, 0.15) is 0 Å². The average molecular weight is 788 g/mol. The molecule has 0 saturated heterocycles. The minimum atomic E-state index is -0.662. The summed E-state index contributed by atoms with van der Waals surface area (Å²) >= 11 is 0. The van der Waals surface area contributed by atoms with Crippen LogP contribution in [-0.4, -0.2) is 20.1 Å². The molecular formula is C54H48B3Co. The zero-order valence-electron chi connectivity index (χ0n) is 32.9. The van der Waals surface area contributed by atoms with E-state index in [9.17, 15) is 0 Å². The van der Waals surface area contributed by atoms with E-state index in [1.165, 1.54) is 49.2 Å². The molecule has 0 aliphatic carbocycles. The van der Waals surface area contributed by atoms with E-state index in [-0.39, 0.29) is 16.8 Å². The molecule has 0 atom stereocenters. The Kier molecular flexibility index (Phi) is 16.0. The SMILES string of the molecule is [Co+3].c1ccc([BH-](c2ccccc2)c2ccccc2)cc1.c1ccc([BH-](c2ccccc2)c2ccccc2)cc1.c1ccc([BH-](c2ccccc2)c2ccccc2)cc1. The Morgan fingerprint density at radius 3 is 0.310 bits per heavy atom. The maximum absolute atomic E-state index is 2.24. The van der Waals surface area contributed by atoms with Crippen LogP contribution in [0, 0.1) is 0 Å². The molecule has 9 rings (SSSR count). The molecule has 0 heterocycles. The van der Waals surface area contributed by atoms with Crippen LogP contribution < -0.4 is 49.2 Å². The smallest absolute Gasteiger partial charge is 0.203 e. The predicted molar refractivity (Wildman–Crippen MR) is 256 cm³/mol. The fourth-order valence-electron chi connectivity index (χ4n) is 8.54. The molecule has 0 aromatic heterocycles. The molecule has 0 aliphatic rings. The van der Waals surface area contributed by atoms with E-state index in [1.807, 2.05) is 0 Å². The van der Waals surface area contributed by atoms with Crippen molar-refractivity contribution < 1.29 is 16.8 Å². The topological polar surface area (TPSA) is 0 Å². The van der Waals surface area contributed by atoms with Crippen LogP contribution >= 0.6 is 0 Å². The molecule has 0 saturated carbocycles. The summed E-state index contributed by atoms with van der Waals surface area (Å²) in [5.41, 5.74) is 12.7. The Hall–Kier alpha value is -6.32. The van der Waals surface area contributed by atoms with E-state index in [2.05, 4.69) is 273 Å². The van der Waals surface area contributed by atoms with Gasteiger partial charge in [-0.3, -0.25) is 0 Å². The maximum Gasteiger partial charge on any atom is 3.00 e. The van der Waals surface area contributed by atoms with Crippen LogP contribution in [0.15, 0.2) is 273 Å². The molecular weight excluding hydrogens is 740 g/mol. The van der Waals surface area contributed by atoms with E-state index in [1.54, 1.807) is 0 Å². The fraction of sp³-hybridized carbons (Fsp3) is 0. The van der Waals surface area contributed by atoms with Crippen molar-refractivity contribution >= 4 is 69.3 Å². The number of rotatable bonds is 9. The van der Waals surface area contributed by atoms with Gasteiger partial charge in [-0.05, 0) is 0 Å². The summed E-state index contributed by atoms with van der Waals surface area (Å²) in [6.07, 6.45) is 0. The van der Waals surface area contributed by atoms with Crippen LogP contribution in [0.4, 0.5) is 0 Å². The number of hydrogen-bond acceptors (Lipinski definition) is 0. The third kappa shape index (κ3) is 11.4. The van der Waals surface area contributed by atoms with Crippen LogP contribution in [-0.2, 0) is 16.8 Å². The van der Waals surface area contributed by atoms with Gasteiger partial charge in [0.25, 0.3) is 0 Å². The quantitative estimate of drug-likeness (QED) is 0.163. The van der Waals surface area contributed by atoms with Crippen molar-refractivity contribution in [1.29, 1.82) is 0 Å². The molecule has 0 spiro atoms. The monoisotopic (exact) mass is 788 g/mol. The molecule has 0 N–H and O–H groups in total. The molecule has 9 aromatic rings. The van der Waals surface area contributed by atoms with Crippen molar-refractivity contribution in [3.05, 3.63) is 273 Å². The summed E-state index contributed by atoms with van der Waals surface area (Å²) < 4.78 is 0. The van der Waals surface area contributed by atoms with Gasteiger partial charge in [0, 0.05) is 0 Å². The summed E-state index contributed by atoms with van der Waals surface area (Å²) in [5.74, 6) is 0. The van der Waals surface area contributed by atoms with Crippen LogP contribution in [0.3, 0.4) is 0 Å². The average Bonchev–Trinajstić information content (AvgIpc) is 3.30. The van der Waals surface area contributed by atoms with Crippen LogP contribution in [0.5, 0.6) is 0 Å². The van der Waals surface area contributed by atoms with E-state index in [0.717, 1.165) is 0 Å². The molecule has 4 heteroatoms. The van der Waals surface area contributed by atoms with Crippen molar-refractivity contribution in [2.75, 3.05) is 0 Å². The van der Waals surface area contributed by atoms with Crippen molar-refractivity contribution in [1.82, 2.24) is 0 Å². The van der Waals surface area contributed by atoms with Gasteiger partial charge < -0.3 is 0 Å². The summed E-state index contributed by atoms with van der Waals surface area (Å²) in [4.78, 5) is 0. The largest absolute Gasteiger partial charge is 3.00 e. The van der Waals surface area contributed by atoms with Crippen molar-refractivity contribution in [3.63, 3.8) is 0 Å². The van der Waals surface area contributed by atoms with Crippen LogP contribution in [0.1, 0.15) is 0 Å². The third-order valence-electron chi connectivity index (χ3n) is 11.3. The Morgan fingerprint density at radius 2 is 0.224 bits per heavy atom. The van der Waals surface area contributed by atoms with Crippen molar-refractivity contribution in [2.24, 2.45) is 0 Å². The Balaban J connectivity index is 0.000000145. The first kappa shape index (κ1) is 41.3. The van der Waals surface area contributed by atoms with Gasteiger partial charge in [-0.25, -0.2) is 49.2 Å². The van der Waals surface area contributed by atoms with E-state index >= 15 is 0 Å². The summed E-state index contributed by atoms with van der Waals surface area (Å²) in [7, 11) is 0. The normalized spacial score (nSPS) is 10.4. The van der Waals surface area contributed by atoms with Crippen LogP contribution in [0.25, 0.3) is 0 Å². The molecule has 0 unspecified atom stereocenters. The first-order valence-corrected chi connectivity index (χ1v) is 20.4. The third-order valence-corrected chi connectivity index (χ3v) is 11.3. The number of hydrogen-bond donors (Lipinski definition) is 0. The van der Waals surface area contributed by atoms with Crippen LogP contribution in [0.2, 0.25) is 0 Å². The number of benzene rings is 9. The molecule has 0 fully saturated rings. The van der Waals surface area contributed by atoms with Gasteiger partial charge in [0.05, 0.1) is 20.1 Å². The second-order valence-corrected chi connectivity index (χ2v) is 15.0. The predicted octanol–water partition coefficient (Wildman–Crippen LogP) is 5.80. The molecule has 0 radical (unpaired) electrons. The molecule has 0 nitrogen and oxygen atoms in total. The molecule has 9 aromatic carbocycles. The zero-order valence-corrected chi connectivity index (χ0v) is 34.0. The Labute approximate surface area is 357 Å². The maximum atomic E-state index is 2.24. The second-order valence-electron chi connectivity index (χ2n) is 15.0. The van der Waals surface area contributed by atoms with Crippen molar-refractivity contribution in [2.45, 2.75) is 0 Å². The Bertz CT molecular complexity index is 1860. The first-order chi connectivity index (χ1) is 28.3. The minimum absolute atomic E-state index is 0. The Morgan fingerprint density at radius 1 is 0.138 bits per heavy atom. The van der Waals surface area contributed by atoms with E-state index in [0.29, 0.717) is 0 Å². The first-order valence-electron chi connectivity index (χ1n) is 20.4. The zero-order chi connectivity index (χ0) is 38.7. The molecule has 0 bridgehead atoms. The summed E-state index contributed by atoms with van der Waals surface area (Å²) in [5, 5.41) is 0. The fourth-order valence-corrected chi connectivity index (χ4v) is 8.54. The van der Waals surface area contributed by atoms with Gasteiger partial charge in [0.15, 0.2) is 0 Å². The van der Waals surface area contributed by atoms with Gasteiger partial charge in [0.2, 0.25) is 0 Å². The molecule has 0 aliphatic heterocycles. The summed E-state index contributed by atoms with van der Waals surface area (Å²) in [6, 6.07) is 97.2. The van der Waals surface area contributed by atoms with E-state index < -0.39 is 20.1 Å². The standard InChI is InChI=1S/3C18H16B.Co/c3*1-4-10-16(11-5-1)19(17-12-6-2-7-13-17)18-14-8-3-9-15-18;/h3*1-15,19H;/q3*-1;+3. The molecule has 282 valence electrons. The van der Waals surface area contributed by atoms with Gasteiger partial charge >= 0.3 is 16.8 Å². The molecule has 0 amide bonds. The second kappa shape index (κ2) is 22.4. The minimum Gasteiger partial charge on any atom is -0.203 e. The van der Waals surface area contributed by atoms with Gasteiger partial charge in [-0.15, -0.1) is 0 Å². The van der Waals surface area contributed by atoms with E-state index in [4.69, 9.17) is 0 Å². The van der Waals surface area contributed by atoms with Crippen molar-refractivity contribution in [3.8, 4) is 0 Å². The molecule has 58 heavy (non-hydrogen) atoms. The van der Waals surface area contributed by atoms with Gasteiger partial charge in [-0.1, -0.05) is 273 Å².